The van der Waals surface area contributed by atoms with E-state index >= 15 is 0 Å². The number of rotatable bonds is 16. The lowest BCUT2D eigenvalue weighted by Crippen LogP contribution is -2.27. The maximum atomic E-state index is 12.5. The third-order valence-corrected chi connectivity index (χ3v) is 7.00. The highest BCUT2D eigenvalue weighted by molar-refractivity contribution is 5.94. The van der Waals surface area contributed by atoms with Crippen LogP contribution in [0.15, 0.2) is 48.5 Å². The molecule has 4 rings (SSSR count). The Bertz CT molecular complexity index is 1360. The molecule has 10 heteroatoms. The zero-order valence-corrected chi connectivity index (χ0v) is 23.5. The normalized spacial score (nSPS) is 12.6. The number of carbonyl (C=O) groups is 1. The number of aryl methyl sites for hydroxylation is 1. The zero-order valence-electron chi connectivity index (χ0n) is 23.5. The Morgan fingerprint density at radius 1 is 1.02 bits per heavy atom. The number of pyridine rings is 1. The van der Waals surface area contributed by atoms with Gasteiger partial charge in [0.2, 0.25) is 5.91 Å². The van der Waals surface area contributed by atoms with E-state index in [1.54, 1.807) is 13.2 Å². The van der Waals surface area contributed by atoms with E-state index in [0.29, 0.717) is 37.6 Å². The molecular weight excluding hydrogens is 524 g/mol. The minimum absolute atomic E-state index is 0.121. The third-order valence-electron chi connectivity index (χ3n) is 7.00. The molecule has 0 fully saturated rings. The number of amides is 1. The minimum atomic E-state index is -0.768. The molecule has 10 nitrogen and oxygen atoms in total. The third kappa shape index (κ3) is 8.83. The number of unbranched alkanes of at least 4 members (excludes halogenated alkanes) is 3. The van der Waals surface area contributed by atoms with Crippen LogP contribution < -0.4 is 20.1 Å². The van der Waals surface area contributed by atoms with Crippen LogP contribution in [-0.2, 0) is 22.5 Å². The van der Waals surface area contributed by atoms with E-state index in [1.807, 2.05) is 30.3 Å². The van der Waals surface area contributed by atoms with Gasteiger partial charge in [0.1, 0.15) is 0 Å². The topological polar surface area (TPSA) is 125 Å². The first-order valence-corrected chi connectivity index (χ1v) is 14.2. The number of hydrogen-bond donors (Lipinski definition) is 2. The smallest absolute Gasteiger partial charge is 0.294 e. The van der Waals surface area contributed by atoms with Crippen LogP contribution in [0.5, 0.6) is 11.5 Å². The molecule has 1 aliphatic rings. The summed E-state index contributed by atoms with van der Waals surface area (Å²) in [6.45, 7) is 1.74. The summed E-state index contributed by atoms with van der Waals surface area (Å²) < 4.78 is 11.3. The average Bonchev–Trinajstić information content (AvgIpc) is 2.99. The van der Waals surface area contributed by atoms with Crippen LogP contribution in [0.25, 0.3) is 17.0 Å². The van der Waals surface area contributed by atoms with E-state index in [4.69, 9.17) is 14.5 Å². The van der Waals surface area contributed by atoms with Gasteiger partial charge in [-0.1, -0.05) is 37.1 Å². The fourth-order valence-corrected chi connectivity index (χ4v) is 4.96. The SMILES string of the molecule is COc1cc(/C=C/C(=O)NCCNc2c3c(nc4ccccc24)CCCC3)ccc1OCCCCCCO[N+](=O)[O-]. The van der Waals surface area contributed by atoms with Crippen molar-refractivity contribution in [2.45, 2.75) is 51.4 Å². The van der Waals surface area contributed by atoms with Crippen LogP contribution in [0.2, 0.25) is 0 Å². The van der Waals surface area contributed by atoms with Crippen molar-refractivity contribution in [1.82, 2.24) is 10.3 Å². The molecule has 2 N–H and O–H groups in total. The molecule has 1 aromatic heterocycles. The van der Waals surface area contributed by atoms with Crippen molar-refractivity contribution in [3.63, 3.8) is 0 Å². The van der Waals surface area contributed by atoms with E-state index < -0.39 is 5.09 Å². The number of aromatic nitrogens is 1. The van der Waals surface area contributed by atoms with E-state index in [-0.39, 0.29) is 12.5 Å². The first-order valence-electron chi connectivity index (χ1n) is 14.2. The minimum Gasteiger partial charge on any atom is -0.493 e. The molecule has 1 aliphatic carbocycles. The second-order valence-corrected chi connectivity index (χ2v) is 9.92. The Kier molecular flexibility index (Phi) is 11.2. The van der Waals surface area contributed by atoms with E-state index in [1.165, 1.54) is 30.2 Å². The van der Waals surface area contributed by atoms with Gasteiger partial charge in [-0.05, 0) is 73.9 Å². The highest BCUT2D eigenvalue weighted by Crippen LogP contribution is 2.33. The molecule has 0 unspecified atom stereocenters. The molecule has 0 saturated carbocycles. The molecule has 0 spiro atoms. The van der Waals surface area contributed by atoms with Gasteiger partial charge in [0, 0.05) is 35.9 Å². The van der Waals surface area contributed by atoms with E-state index in [2.05, 4.69) is 27.6 Å². The van der Waals surface area contributed by atoms with Gasteiger partial charge in [0.15, 0.2) is 11.5 Å². The number of benzene rings is 2. The van der Waals surface area contributed by atoms with Crippen LogP contribution in [0.4, 0.5) is 5.69 Å². The fourth-order valence-electron chi connectivity index (χ4n) is 4.96. The lowest BCUT2D eigenvalue weighted by molar-refractivity contribution is -0.757. The molecule has 0 aliphatic heterocycles. The molecule has 0 saturated heterocycles. The van der Waals surface area contributed by atoms with Gasteiger partial charge in [0.05, 0.1) is 25.8 Å². The Labute approximate surface area is 240 Å². The van der Waals surface area contributed by atoms with Crippen molar-refractivity contribution in [3.8, 4) is 11.5 Å². The summed E-state index contributed by atoms with van der Waals surface area (Å²) in [6.07, 6.45) is 10.8. The Morgan fingerprint density at radius 3 is 2.66 bits per heavy atom. The van der Waals surface area contributed by atoms with Gasteiger partial charge in [0.25, 0.3) is 5.09 Å². The van der Waals surface area contributed by atoms with Crippen LogP contribution in [0, 0.1) is 10.1 Å². The highest BCUT2D eigenvalue weighted by Gasteiger charge is 2.17. The summed E-state index contributed by atoms with van der Waals surface area (Å²) in [5.41, 5.74) is 5.47. The molecule has 1 amide bonds. The first kappa shape index (κ1) is 29.6. The van der Waals surface area contributed by atoms with Gasteiger partial charge in [-0.3, -0.25) is 9.78 Å². The van der Waals surface area contributed by atoms with Crippen molar-refractivity contribution in [1.29, 1.82) is 0 Å². The molecule has 2 aromatic carbocycles. The molecule has 0 bridgehead atoms. The van der Waals surface area contributed by atoms with Gasteiger partial charge >= 0.3 is 0 Å². The number of nitrogens with one attached hydrogen (secondary N) is 2. The van der Waals surface area contributed by atoms with E-state index in [0.717, 1.165) is 54.3 Å². The summed E-state index contributed by atoms with van der Waals surface area (Å²) >= 11 is 0. The Hall–Kier alpha value is -4.34. The summed E-state index contributed by atoms with van der Waals surface area (Å²) in [7, 11) is 1.58. The van der Waals surface area contributed by atoms with Crippen molar-refractivity contribution in [3.05, 3.63) is 75.5 Å². The van der Waals surface area contributed by atoms with Crippen LogP contribution in [-0.4, -0.2) is 49.4 Å². The number of carbonyl (C=O) groups excluding carboxylic acids is 1. The predicted molar refractivity (Wildman–Crippen MR) is 159 cm³/mol. The number of ether oxygens (including phenoxy) is 2. The van der Waals surface area contributed by atoms with Crippen molar-refractivity contribution < 1.29 is 24.2 Å². The maximum Gasteiger partial charge on any atom is 0.294 e. The Morgan fingerprint density at radius 2 is 1.83 bits per heavy atom. The molecule has 0 atom stereocenters. The number of hydrogen-bond acceptors (Lipinski definition) is 8. The molecule has 41 heavy (non-hydrogen) atoms. The van der Waals surface area contributed by atoms with Crippen LogP contribution in [0.1, 0.15) is 55.3 Å². The maximum absolute atomic E-state index is 12.5. The fraction of sp³-hybridized carbons (Fsp3) is 0.419. The second kappa shape index (κ2) is 15.4. The standard InChI is InChI=1S/C31H38N4O6/c1-39-29-22-23(14-16-28(29)40-20-8-2-3-9-21-41-35(37)38)15-17-30(36)32-18-19-33-31-24-10-4-6-12-26(24)34-27-13-7-5-11-25(27)31/h4,6,10,12,14-17,22H,2-3,5,7-9,11,13,18-21H2,1H3,(H,32,36)(H,33,34)/b17-15+. The van der Waals surface area contributed by atoms with Gasteiger partial charge in [-0.25, -0.2) is 0 Å². The van der Waals surface area contributed by atoms with Gasteiger partial charge in [-0.15, -0.1) is 10.1 Å². The average molecular weight is 563 g/mol. The zero-order chi connectivity index (χ0) is 28.9. The van der Waals surface area contributed by atoms with Gasteiger partial charge < -0.3 is 24.9 Å². The predicted octanol–water partition coefficient (Wildman–Crippen LogP) is 5.51. The number of anilines is 1. The first-order chi connectivity index (χ1) is 20.0. The quantitative estimate of drug-likeness (QED) is 0.101. The molecule has 1 heterocycles. The van der Waals surface area contributed by atoms with Crippen LogP contribution >= 0.6 is 0 Å². The number of fused-ring (bicyclic) bond motifs is 2. The summed E-state index contributed by atoms with van der Waals surface area (Å²) in [6, 6.07) is 13.7. The summed E-state index contributed by atoms with van der Waals surface area (Å²) in [5, 5.41) is 17.0. The lowest BCUT2D eigenvalue weighted by Gasteiger charge is -2.21. The molecule has 3 aromatic rings. The number of methoxy groups -OCH3 is 1. The number of para-hydroxylation sites is 1. The summed E-state index contributed by atoms with van der Waals surface area (Å²) in [5.74, 6) is 1.04. The van der Waals surface area contributed by atoms with Gasteiger partial charge in [-0.2, -0.15) is 0 Å². The van der Waals surface area contributed by atoms with E-state index in [9.17, 15) is 14.9 Å². The van der Waals surface area contributed by atoms with Crippen molar-refractivity contribution in [2.24, 2.45) is 0 Å². The largest absolute Gasteiger partial charge is 0.493 e. The molecule has 0 radical (unpaired) electrons. The Balaban J connectivity index is 1.21. The molecular formula is C31H38N4O6. The lowest BCUT2D eigenvalue weighted by atomic mass is 9.92. The summed E-state index contributed by atoms with van der Waals surface area (Å²) in [4.78, 5) is 31.8. The highest BCUT2D eigenvalue weighted by atomic mass is 16.9. The second-order valence-electron chi connectivity index (χ2n) is 9.92. The van der Waals surface area contributed by atoms with Crippen molar-refractivity contribution in [2.75, 3.05) is 38.7 Å². The monoisotopic (exact) mass is 562 g/mol. The van der Waals surface area contributed by atoms with Crippen molar-refractivity contribution >= 4 is 28.6 Å². The van der Waals surface area contributed by atoms with Crippen LogP contribution in [0.3, 0.4) is 0 Å². The number of nitrogens with zero attached hydrogens (tertiary/aromatic N) is 2. The molecule has 218 valence electrons.